The second-order valence-corrected chi connectivity index (χ2v) is 13.4. The first kappa shape index (κ1) is 29.1. The molecular formula is C26H29Cl2O2SiZr. The molecule has 0 heterocycles. The zero-order valence-corrected chi connectivity index (χ0v) is 24.3. The molecule has 2 aliphatic carbocycles. The van der Waals surface area contributed by atoms with E-state index in [2.05, 4.69) is 88.1 Å². The maximum atomic E-state index is 5.99. The van der Waals surface area contributed by atoms with Crippen LogP contribution in [0.15, 0.2) is 54.3 Å². The van der Waals surface area contributed by atoms with Gasteiger partial charge in [0.25, 0.3) is 0 Å². The number of hydrogen-bond donors (Lipinski definition) is 0. The molecule has 6 heteroatoms. The molecular weight excluding hydrogens is 535 g/mol. The Balaban J connectivity index is 0.00000171. The van der Waals surface area contributed by atoms with Crippen LogP contribution in [-0.4, -0.2) is 21.5 Å². The van der Waals surface area contributed by atoms with Gasteiger partial charge in [-0.2, -0.15) is 0 Å². The van der Waals surface area contributed by atoms with Gasteiger partial charge in [-0.1, -0.05) is 52.3 Å². The van der Waals surface area contributed by atoms with Gasteiger partial charge in [0.2, 0.25) is 0 Å². The van der Waals surface area contributed by atoms with E-state index in [-0.39, 0.29) is 51.0 Å². The van der Waals surface area contributed by atoms with E-state index in [0.29, 0.717) is 13.2 Å². The van der Waals surface area contributed by atoms with Crippen LogP contribution in [0.2, 0.25) is 19.6 Å². The fraction of sp³-hybridized carbons (Fsp3) is 0.308. The predicted octanol–water partition coefficient (Wildman–Crippen LogP) is -1.27. The molecule has 0 atom stereocenters. The summed E-state index contributed by atoms with van der Waals surface area (Å²) in [4.78, 5) is 0. The second kappa shape index (κ2) is 12.0. The van der Waals surface area contributed by atoms with E-state index in [1.165, 1.54) is 43.1 Å². The van der Waals surface area contributed by atoms with Crippen LogP contribution in [0, 0.1) is 10.4 Å². The van der Waals surface area contributed by atoms with Crippen molar-refractivity contribution >= 4 is 25.5 Å². The van der Waals surface area contributed by atoms with E-state index in [4.69, 9.17) is 9.16 Å². The Morgan fingerprint density at radius 2 is 1.69 bits per heavy atom. The van der Waals surface area contributed by atoms with E-state index in [9.17, 15) is 0 Å². The average molecular weight is 564 g/mol. The fourth-order valence-electron chi connectivity index (χ4n) is 3.95. The van der Waals surface area contributed by atoms with Gasteiger partial charge in [-0.15, -0.1) is 33.4 Å². The Morgan fingerprint density at radius 3 is 2.38 bits per heavy atom. The van der Waals surface area contributed by atoms with Crippen molar-refractivity contribution in [3.8, 4) is 0 Å². The third-order valence-electron chi connectivity index (χ3n) is 5.27. The third-order valence-corrected chi connectivity index (χ3v) is 6.34. The molecule has 32 heavy (non-hydrogen) atoms. The van der Waals surface area contributed by atoms with E-state index >= 15 is 0 Å². The minimum absolute atomic E-state index is 0. The van der Waals surface area contributed by atoms with E-state index in [1.54, 1.807) is 0 Å². The predicted molar refractivity (Wildman–Crippen MR) is 123 cm³/mol. The molecule has 0 fully saturated rings. The van der Waals surface area contributed by atoms with Crippen molar-refractivity contribution in [1.29, 1.82) is 0 Å². The minimum atomic E-state index is -1.49. The van der Waals surface area contributed by atoms with Crippen molar-refractivity contribution in [2.75, 3.05) is 13.2 Å². The normalized spacial score (nSPS) is 13.3. The summed E-state index contributed by atoms with van der Waals surface area (Å²) >= 11 is 0. The number of benzene rings is 2. The van der Waals surface area contributed by atoms with E-state index < -0.39 is 8.32 Å². The van der Waals surface area contributed by atoms with Crippen LogP contribution in [0.25, 0.3) is 17.2 Å². The van der Waals surface area contributed by atoms with Gasteiger partial charge in [-0.25, -0.2) is 0 Å². The van der Waals surface area contributed by atoms with Crippen LogP contribution in [-0.2, 0) is 35.4 Å². The Bertz CT molecular complexity index is 1240. The van der Waals surface area contributed by atoms with Gasteiger partial charge in [-0.3, -0.25) is 0 Å². The fourth-order valence-corrected chi connectivity index (χ4v) is 4.65. The number of rotatable bonds is 6. The van der Waals surface area contributed by atoms with Crippen molar-refractivity contribution in [3.05, 3.63) is 86.3 Å². The quantitative estimate of drug-likeness (QED) is 0.212. The molecule has 4 rings (SSSR count). The first-order valence-corrected chi connectivity index (χ1v) is 13.8. The van der Waals surface area contributed by atoms with Gasteiger partial charge < -0.3 is 34.0 Å². The van der Waals surface area contributed by atoms with Crippen LogP contribution in [0.5, 0.6) is 0 Å². The molecule has 0 unspecified atom stereocenters. The Labute approximate surface area is 223 Å². The molecule has 0 N–H and O–H groups in total. The van der Waals surface area contributed by atoms with Crippen molar-refractivity contribution in [2.24, 2.45) is 0 Å². The number of halogens is 2. The molecule has 2 aliphatic rings. The van der Waals surface area contributed by atoms with Gasteiger partial charge >= 0.3 is 26.2 Å². The van der Waals surface area contributed by atoms with Gasteiger partial charge in [0.15, 0.2) is 8.32 Å². The molecule has 0 aliphatic heterocycles. The molecule has 167 valence electrons. The van der Waals surface area contributed by atoms with Gasteiger partial charge in [-0.05, 0) is 52.1 Å². The summed E-state index contributed by atoms with van der Waals surface area (Å²) in [6.45, 7) is 12.2. The van der Waals surface area contributed by atoms with Crippen molar-refractivity contribution < 1.29 is 60.2 Å². The summed E-state index contributed by atoms with van der Waals surface area (Å²) in [7, 11) is -1.49. The Kier molecular flexibility index (Phi) is 10.9. The second-order valence-electron chi connectivity index (χ2n) is 8.87. The minimum Gasteiger partial charge on any atom is -1.00 e. The maximum absolute atomic E-state index is 5.99. The number of fused-ring (bicyclic) bond motifs is 2. The summed E-state index contributed by atoms with van der Waals surface area (Å²) in [5, 5.41) is 5.03. The molecule has 0 saturated heterocycles. The molecule has 2 aromatic rings. The molecule has 0 spiro atoms. The monoisotopic (exact) mass is 561 g/mol. The zero-order valence-electron chi connectivity index (χ0n) is 19.3. The molecule has 2 aromatic carbocycles. The van der Waals surface area contributed by atoms with Gasteiger partial charge in [0.05, 0.1) is 6.61 Å². The maximum Gasteiger partial charge on any atom is 3.00 e. The standard InChI is InChI=1S/C26H29O2Si.2ClH.Zr/c1-18(2)22-12-13-24-23-9-7-6-8-19(23)17-25(24)26(22)20-10-11-21(16-20)27-14-15-28-29(3,4)5;;;/h6-9,11-13,16H,10,14-15H2,1-5H3;2*1H;/q-1;;;+3/p-2. The molecule has 2 nitrogen and oxygen atoms in total. The van der Waals surface area contributed by atoms with Crippen LogP contribution in [0.3, 0.4) is 0 Å². The van der Waals surface area contributed by atoms with Crippen molar-refractivity contribution in [2.45, 2.75) is 39.9 Å². The topological polar surface area (TPSA) is 18.5 Å². The summed E-state index contributed by atoms with van der Waals surface area (Å²) in [5.74, 6) is 0.951. The van der Waals surface area contributed by atoms with Crippen LogP contribution in [0.4, 0.5) is 0 Å². The van der Waals surface area contributed by atoms with Crippen LogP contribution >= 0.6 is 0 Å². The van der Waals surface area contributed by atoms with E-state index in [1.807, 2.05) is 0 Å². The first-order chi connectivity index (χ1) is 13.8. The summed E-state index contributed by atoms with van der Waals surface area (Å²) in [6.07, 6.45) is 8.93. The number of hydrogen-bond acceptors (Lipinski definition) is 2. The number of ether oxygens (including phenoxy) is 1. The third kappa shape index (κ3) is 6.36. The van der Waals surface area contributed by atoms with Gasteiger partial charge in [0, 0.05) is 0 Å². The summed E-state index contributed by atoms with van der Waals surface area (Å²) in [6, 6.07) is 13.0. The molecule has 0 saturated carbocycles. The van der Waals surface area contributed by atoms with Crippen molar-refractivity contribution in [3.63, 3.8) is 0 Å². The molecule has 0 aromatic heterocycles. The summed E-state index contributed by atoms with van der Waals surface area (Å²) < 4.78 is 11.9. The average Bonchev–Trinajstić information content (AvgIpc) is 3.28. The van der Waals surface area contributed by atoms with Crippen LogP contribution < -0.4 is 35.3 Å². The van der Waals surface area contributed by atoms with E-state index in [0.717, 1.165) is 12.2 Å². The van der Waals surface area contributed by atoms with Crippen LogP contribution in [0.1, 0.15) is 31.4 Å². The zero-order chi connectivity index (χ0) is 20.6. The molecule has 1 radical (unpaired) electrons. The van der Waals surface area contributed by atoms with Gasteiger partial charge in [0.1, 0.15) is 12.4 Å². The number of allylic oxidation sites excluding steroid dienone is 3. The largest absolute Gasteiger partial charge is 3.00 e. The van der Waals surface area contributed by atoms with Crippen molar-refractivity contribution in [1.82, 2.24) is 0 Å². The summed E-state index contributed by atoms with van der Waals surface area (Å²) in [5.41, 5.74) is 5.14. The Morgan fingerprint density at radius 1 is 0.969 bits per heavy atom. The smallest absolute Gasteiger partial charge is 1.00 e. The molecule has 0 bridgehead atoms. The SMILES string of the molecule is CC(C)=c1ccc2c(c1C1=CC(OCCO[Si](C)(C)C)=CC1)[C-]=c1ccccc1=2.[Cl-].[Cl-].[Zr+3]. The molecule has 0 amide bonds. The Hall–Kier alpha value is -0.900. The first-order valence-electron chi connectivity index (χ1n) is 10.4.